The molecule has 1 aromatic heterocycles. The van der Waals surface area contributed by atoms with Crippen molar-refractivity contribution in [1.29, 1.82) is 0 Å². The Kier molecular flexibility index (Phi) is 5.17. The van der Waals surface area contributed by atoms with Gasteiger partial charge in [-0.05, 0) is 17.5 Å². The molecule has 114 valence electrons. The maximum atomic E-state index is 10.9. The van der Waals surface area contributed by atoms with Crippen molar-refractivity contribution < 1.29 is 9.15 Å². The van der Waals surface area contributed by atoms with Crippen molar-refractivity contribution in [2.75, 3.05) is 5.75 Å². The van der Waals surface area contributed by atoms with Crippen LogP contribution >= 0.6 is 11.8 Å². The molecule has 0 fully saturated rings. The topological polar surface area (TPSA) is 55.2 Å². The number of benzene rings is 1. The molecule has 21 heavy (non-hydrogen) atoms. The summed E-state index contributed by atoms with van der Waals surface area (Å²) in [5.74, 6) is 2.62. The highest BCUT2D eigenvalue weighted by Gasteiger charge is 2.26. The summed E-state index contributed by atoms with van der Waals surface area (Å²) in [6.07, 6.45) is 1.69. The molecule has 1 N–H and O–H groups in total. The molecular weight excluding hydrogens is 286 g/mol. The van der Waals surface area contributed by atoms with E-state index in [1.807, 2.05) is 30.3 Å². The third-order valence-corrected chi connectivity index (χ3v) is 4.10. The Labute approximate surface area is 128 Å². The van der Waals surface area contributed by atoms with Crippen molar-refractivity contribution in [3.63, 3.8) is 0 Å². The minimum Gasteiger partial charge on any atom is -0.489 e. The Morgan fingerprint density at radius 2 is 2.00 bits per heavy atom. The van der Waals surface area contributed by atoms with Gasteiger partial charge in [0, 0.05) is 11.9 Å². The number of hydrogen-bond acceptors (Lipinski definition) is 4. The predicted octanol–water partition coefficient (Wildman–Crippen LogP) is 3.69. The number of aromatic amines is 1. The maximum absolute atomic E-state index is 10.9. The molecule has 5 heteroatoms. The van der Waals surface area contributed by atoms with Crippen LogP contribution in [-0.4, -0.2) is 16.8 Å². The van der Waals surface area contributed by atoms with E-state index in [2.05, 4.69) is 25.8 Å². The molecule has 4 nitrogen and oxygen atoms in total. The number of rotatable bonds is 6. The van der Waals surface area contributed by atoms with Crippen LogP contribution in [0.25, 0.3) is 0 Å². The largest absolute Gasteiger partial charge is 0.489 e. The third kappa shape index (κ3) is 5.01. The van der Waals surface area contributed by atoms with Gasteiger partial charge >= 0.3 is 5.76 Å². The van der Waals surface area contributed by atoms with Gasteiger partial charge in [-0.3, -0.25) is 4.98 Å². The van der Waals surface area contributed by atoms with Gasteiger partial charge in [-0.2, -0.15) is 0 Å². The van der Waals surface area contributed by atoms with E-state index in [1.54, 1.807) is 18.0 Å². The molecule has 2 aromatic rings. The number of nitrogens with one attached hydrogen (secondary N) is 1. The summed E-state index contributed by atoms with van der Waals surface area (Å²) < 4.78 is 11.1. The zero-order valence-corrected chi connectivity index (χ0v) is 13.4. The van der Waals surface area contributed by atoms with Gasteiger partial charge in [-0.1, -0.05) is 39.0 Å². The monoisotopic (exact) mass is 307 g/mol. The lowest BCUT2D eigenvalue weighted by Gasteiger charge is -2.31. The van der Waals surface area contributed by atoms with Crippen molar-refractivity contribution in [3.8, 4) is 5.75 Å². The highest BCUT2D eigenvalue weighted by molar-refractivity contribution is 7.98. The molecule has 1 unspecified atom stereocenters. The molecule has 0 radical (unpaired) electrons. The molecule has 0 aliphatic rings. The minimum absolute atomic E-state index is 0.0296. The van der Waals surface area contributed by atoms with E-state index < -0.39 is 5.76 Å². The Hall–Kier alpha value is -1.62. The highest BCUT2D eigenvalue weighted by atomic mass is 32.2. The quantitative estimate of drug-likeness (QED) is 0.884. The lowest BCUT2D eigenvalue weighted by Crippen LogP contribution is -2.34. The first-order chi connectivity index (χ1) is 9.95. The summed E-state index contributed by atoms with van der Waals surface area (Å²) in [6.45, 7) is 6.49. The van der Waals surface area contributed by atoms with Crippen LogP contribution in [0, 0.1) is 5.41 Å². The summed E-state index contributed by atoms with van der Waals surface area (Å²) in [4.78, 5) is 13.4. The van der Waals surface area contributed by atoms with Crippen LogP contribution in [-0.2, 0) is 5.75 Å². The summed E-state index contributed by atoms with van der Waals surface area (Å²) in [7, 11) is 0. The van der Waals surface area contributed by atoms with Crippen LogP contribution in [0.2, 0.25) is 0 Å². The molecule has 1 aromatic carbocycles. The highest BCUT2D eigenvalue weighted by Crippen LogP contribution is 2.28. The predicted molar refractivity (Wildman–Crippen MR) is 85.8 cm³/mol. The van der Waals surface area contributed by atoms with Crippen molar-refractivity contribution in [1.82, 2.24) is 4.98 Å². The van der Waals surface area contributed by atoms with E-state index in [4.69, 9.17) is 9.15 Å². The Balaban J connectivity index is 1.92. The first-order valence-corrected chi connectivity index (χ1v) is 8.07. The van der Waals surface area contributed by atoms with Gasteiger partial charge in [0.25, 0.3) is 0 Å². The fourth-order valence-corrected chi connectivity index (χ4v) is 3.02. The van der Waals surface area contributed by atoms with Gasteiger partial charge in [-0.25, -0.2) is 4.79 Å². The van der Waals surface area contributed by atoms with E-state index in [9.17, 15) is 4.79 Å². The SMILES string of the molecule is CC(C)(C)C(CSCc1c[nH]c(=O)o1)Oc1ccccc1. The standard InChI is InChI=1S/C16H21NO3S/c1-16(2,3)14(19-12-7-5-4-6-8-12)11-21-10-13-9-17-15(18)20-13/h4-9,14H,10-11H2,1-3H3,(H,17,18). The lowest BCUT2D eigenvalue weighted by molar-refractivity contribution is 0.108. The van der Waals surface area contributed by atoms with E-state index in [0.29, 0.717) is 11.5 Å². The van der Waals surface area contributed by atoms with Crippen LogP contribution in [0.3, 0.4) is 0 Å². The zero-order chi connectivity index (χ0) is 15.3. The van der Waals surface area contributed by atoms with E-state index in [1.165, 1.54) is 0 Å². The van der Waals surface area contributed by atoms with E-state index >= 15 is 0 Å². The second kappa shape index (κ2) is 6.89. The number of thioether (sulfide) groups is 1. The van der Waals surface area contributed by atoms with Crippen LogP contribution in [0.1, 0.15) is 26.5 Å². The third-order valence-electron chi connectivity index (χ3n) is 3.08. The number of hydrogen-bond donors (Lipinski definition) is 1. The molecule has 0 saturated carbocycles. The lowest BCUT2D eigenvalue weighted by atomic mass is 9.90. The van der Waals surface area contributed by atoms with Crippen molar-refractivity contribution in [2.45, 2.75) is 32.6 Å². The van der Waals surface area contributed by atoms with Crippen molar-refractivity contribution in [3.05, 3.63) is 52.8 Å². The normalized spacial score (nSPS) is 13.1. The summed E-state index contributed by atoms with van der Waals surface area (Å²) in [5.41, 5.74) is 0.0296. The Morgan fingerprint density at radius 1 is 1.29 bits per heavy atom. The molecule has 1 heterocycles. The van der Waals surface area contributed by atoms with Gasteiger partial charge in [0.2, 0.25) is 0 Å². The van der Waals surface area contributed by atoms with Gasteiger partial charge in [0.05, 0.1) is 5.75 Å². The number of aromatic nitrogens is 1. The summed E-state index contributed by atoms with van der Waals surface area (Å²) >= 11 is 1.70. The first-order valence-electron chi connectivity index (χ1n) is 6.92. The van der Waals surface area contributed by atoms with Crippen LogP contribution in [0.4, 0.5) is 0 Å². The molecule has 0 bridgehead atoms. The zero-order valence-electron chi connectivity index (χ0n) is 12.6. The van der Waals surface area contributed by atoms with Gasteiger partial charge in [0.15, 0.2) is 0 Å². The van der Waals surface area contributed by atoms with Crippen molar-refractivity contribution in [2.24, 2.45) is 5.41 Å². The molecule has 0 saturated heterocycles. The molecule has 0 spiro atoms. The number of para-hydroxylation sites is 1. The Bertz CT molecular complexity index is 598. The molecule has 0 amide bonds. The fourth-order valence-electron chi connectivity index (χ4n) is 1.78. The molecule has 0 aliphatic carbocycles. The molecule has 2 rings (SSSR count). The molecular formula is C16H21NO3S. The van der Waals surface area contributed by atoms with Gasteiger partial charge in [0.1, 0.15) is 17.6 Å². The average Bonchev–Trinajstić information content (AvgIpc) is 2.83. The van der Waals surface area contributed by atoms with Gasteiger partial charge < -0.3 is 9.15 Å². The number of H-pyrrole nitrogens is 1. The first kappa shape index (κ1) is 15.8. The molecule has 0 aliphatic heterocycles. The average molecular weight is 307 g/mol. The van der Waals surface area contributed by atoms with Crippen LogP contribution in [0.15, 0.2) is 45.7 Å². The van der Waals surface area contributed by atoms with E-state index in [-0.39, 0.29) is 11.5 Å². The smallest absolute Gasteiger partial charge is 0.416 e. The van der Waals surface area contributed by atoms with E-state index in [0.717, 1.165) is 11.5 Å². The summed E-state index contributed by atoms with van der Waals surface area (Å²) in [6, 6.07) is 9.85. The van der Waals surface area contributed by atoms with Crippen LogP contribution < -0.4 is 10.5 Å². The maximum Gasteiger partial charge on any atom is 0.416 e. The summed E-state index contributed by atoms with van der Waals surface area (Å²) in [5, 5.41) is 0. The number of ether oxygens (including phenoxy) is 1. The second-order valence-electron chi connectivity index (χ2n) is 5.95. The van der Waals surface area contributed by atoms with Gasteiger partial charge in [-0.15, -0.1) is 11.8 Å². The molecule has 1 atom stereocenters. The van der Waals surface area contributed by atoms with Crippen LogP contribution in [0.5, 0.6) is 5.75 Å². The second-order valence-corrected chi connectivity index (χ2v) is 6.98. The minimum atomic E-state index is -0.404. The Morgan fingerprint density at radius 3 is 2.57 bits per heavy atom. The fraction of sp³-hybridized carbons (Fsp3) is 0.438. The van der Waals surface area contributed by atoms with Crippen molar-refractivity contribution >= 4 is 11.8 Å². The number of oxazole rings is 1.